The van der Waals surface area contributed by atoms with Crippen LogP contribution in [-0.2, 0) is 19.1 Å². The van der Waals surface area contributed by atoms with Gasteiger partial charge < -0.3 is 9.47 Å². The third-order valence-corrected chi connectivity index (χ3v) is 5.79. The molecular weight excluding hydrogens is 454 g/mol. The Bertz CT molecular complexity index is 724. The first kappa shape index (κ1) is 33.4. The smallest absolute Gasteiger partial charge is 0.306 e. The lowest BCUT2D eigenvalue weighted by Crippen LogP contribution is -2.04. The first-order valence-electron chi connectivity index (χ1n) is 14.0. The van der Waals surface area contributed by atoms with Gasteiger partial charge in [0.25, 0.3) is 0 Å². The van der Waals surface area contributed by atoms with Gasteiger partial charge in [0.2, 0.25) is 0 Å². The van der Waals surface area contributed by atoms with Crippen LogP contribution >= 0.6 is 0 Å². The predicted octanol–water partition coefficient (Wildman–Crippen LogP) is 7.82. The Morgan fingerprint density at radius 3 is 1.44 bits per heavy atom. The van der Waals surface area contributed by atoms with E-state index >= 15 is 0 Å². The molecule has 0 aromatic rings. The maximum absolute atomic E-state index is 11.7. The van der Waals surface area contributed by atoms with Gasteiger partial charge in [-0.1, -0.05) is 102 Å². The maximum Gasteiger partial charge on any atom is 0.306 e. The van der Waals surface area contributed by atoms with Crippen LogP contribution in [0.4, 0.5) is 0 Å². The van der Waals surface area contributed by atoms with Gasteiger partial charge in [-0.25, -0.2) is 0 Å². The van der Waals surface area contributed by atoms with Crippen LogP contribution < -0.4 is 0 Å². The van der Waals surface area contributed by atoms with Crippen molar-refractivity contribution in [3.8, 4) is 23.7 Å². The molecule has 0 aliphatic carbocycles. The first-order chi connectivity index (χ1) is 17.7. The number of esters is 2. The fraction of sp³-hybridized carbons (Fsp3) is 0.793. The Balaban J connectivity index is 3.50. The van der Waals surface area contributed by atoms with Crippen molar-refractivity contribution < 1.29 is 19.1 Å². The zero-order valence-corrected chi connectivity index (χ0v) is 22.5. The molecule has 0 unspecified atom stereocenters. The fourth-order valence-corrected chi connectivity index (χ4v) is 3.68. The second-order valence-electron chi connectivity index (χ2n) is 9.04. The van der Waals surface area contributed by atoms with Gasteiger partial charge in [0.05, 0.1) is 0 Å². The van der Waals surface area contributed by atoms with Crippen molar-refractivity contribution in [1.29, 1.82) is 0 Å². The highest BCUT2D eigenvalue weighted by molar-refractivity contribution is 5.69. The maximum atomic E-state index is 11.7. The van der Waals surface area contributed by atoms with Crippen LogP contribution in [0, 0.1) is 23.7 Å². The van der Waals surface area contributed by atoms with E-state index < -0.39 is 0 Å². The number of carbonyl (C=O) groups is 2. The highest BCUT2D eigenvalue weighted by atomic mass is 16.5. The van der Waals surface area contributed by atoms with Crippen LogP contribution in [0.3, 0.4) is 0 Å². The van der Waals surface area contributed by atoms with Gasteiger partial charge in [-0.3, -0.25) is 9.59 Å². The van der Waals surface area contributed by atoms with Gasteiger partial charge in [0.1, 0.15) is 0 Å². The average molecular weight is 502 g/mol. The van der Waals surface area contributed by atoms with Gasteiger partial charge in [-0.05, 0) is 48.5 Å². The van der Waals surface area contributed by atoms with Gasteiger partial charge in [-0.15, -0.1) is 0 Å². The molecule has 0 aliphatic heterocycles. The van der Waals surface area contributed by atoms with E-state index in [0.29, 0.717) is 19.4 Å². The quantitative estimate of drug-likeness (QED) is 0.0355. The Labute approximate surface area is 219 Å². The van der Waals surface area contributed by atoms with Crippen molar-refractivity contribution in [2.45, 2.75) is 129 Å². The van der Waals surface area contributed by atoms with Crippen LogP contribution in [0.1, 0.15) is 129 Å². The van der Waals surface area contributed by atoms with E-state index in [0.717, 1.165) is 57.8 Å². The lowest BCUT2D eigenvalue weighted by Gasteiger charge is -2.02. The molecule has 0 amide bonds. The van der Waals surface area contributed by atoms with Crippen molar-refractivity contribution in [2.75, 3.05) is 19.8 Å². The summed E-state index contributed by atoms with van der Waals surface area (Å²) < 4.78 is 10.2. The molecule has 0 atom stereocenters. The number of carbonyl (C=O) groups excluding carboxylic acids is 2. The highest BCUT2D eigenvalue weighted by Gasteiger charge is 2.02. The molecule has 202 valence electrons. The van der Waals surface area contributed by atoms with E-state index in [1.54, 1.807) is 0 Å². The molecule has 0 bridgehead atoms. The molecule has 0 saturated carbocycles. The van der Waals surface area contributed by atoms with Crippen LogP contribution in [0.5, 0.6) is 0 Å². The summed E-state index contributed by atoms with van der Waals surface area (Å²) in [4.78, 5) is 26.1. The number of azide groups is 1. The third kappa shape index (κ3) is 27.6. The zero-order valence-electron chi connectivity index (χ0n) is 22.5. The molecule has 0 aromatic carbocycles. The van der Waals surface area contributed by atoms with Gasteiger partial charge >= 0.3 is 11.9 Å². The standard InChI is InChI=1S/C29H47N3O4/c1-2-3-4-5-6-7-10-13-18-23-28(33)35-26-21-16-17-22-27-36-29(34)24-19-14-11-8-9-12-15-20-25-31-32-30/h2-15,18-20,23-27H2,1H3. The van der Waals surface area contributed by atoms with Crippen LogP contribution in [-0.4, -0.2) is 31.7 Å². The van der Waals surface area contributed by atoms with E-state index in [2.05, 4.69) is 40.6 Å². The molecule has 7 heteroatoms. The second-order valence-corrected chi connectivity index (χ2v) is 9.04. The average Bonchev–Trinajstić information content (AvgIpc) is 2.87. The van der Waals surface area contributed by atoms with Crippen molar-refractivity contribution in [1.82, 2.24) is 0 Å². The summed E-state index contributed by atoms with van der Waals surface area (Å²) in [5.74, 6) is 10.1. The van der Waals surface area contributed by atoms with Gasteiger partial charge in [0, 0.05) is 24.3 Å². The summed E-state index contributed by atoms with van der Waals surface area (Å²) in [5, 5.41) is 3.52. The Morgan fingerprint density at radius 2 is 1.03 bits per heavy atom. The molecule has 0 N–H and O–H groups in total. The Morgan fingerprint density at radius 1 is 0.639 bits per heavy atom. The lowest BCUT2D eigenvalue weighted by atomic mass is 10.1. The second kappa shape index (κ2) is 28.6. The van der Waals surface area contributed by atoms with Crippen molar-refractivity contribution in [2.24, 2.45) is 5.11 Å². The monoisotopic (exact) mass is 501 g/mol. The number of hydrogen-bond donors (Lipinski definition) is 0. The zero-order chi connectivity index (χ0) is 26.4. The largest absolute Gasteiger partial charge is 0.452 e. The Kier molecular flexibility index (Phi) is 26.5. The minimum Gasteiger partial charge on any atom is -0.452 e. The fourth-order valence-electron chi connectivity index (χ4n) is 3.68. The Hall–Kier alpha value is -2.63. The van der Waals surface area contributed by atoms with E-state index in [1.807, 2.05) is 0 Å². The van der Waals surface area contributed by atoms with Crippen molar-refractivity contribution in [3.63, 3.8) is 0 Å². The van der Waals surface area contributed by atoms with E-state index in [4.69, 9.17) is 15.0 Å². The molecular formula is C29H47N3O4. The third-order valence-electron chi connectivity index (χ3n) is 5.79. The van der Waals surface area contributed by atoms with Gasteiger partial charge in [-0.2, -0.15) is 0 Å². The molecule has 0 radical (unpaired) electrons. The minimum atomic E-state index is -0.235. The molecule has 7 nitrogen and oxygen atoms in total. The van der Waals surface area contributed by atoms with E-state index in [1.165, 1.54) is 51.4 Å². The van der Waals surface area contributed by atoms with Crippen LogP contribution in [0.2, 0.25) is 0 Å². The molecule has 0 rings (SSSR count). The lowest BCUT2D eigenvalue weighted by molar-refractivity contribution is -0.143. The molecule has 0 spiro atoms. The summed E-state index contributed by atoms with van der Waals surface area (Å²) in [6.45, 7) is 2.89. The molecule has 0 aromatic heterocycles. The number of hydrogen-bond acceptors (Lipinski definition) is 5. The summed E-state index contributed by atoms with van der Waals surface area (Å²) in [7, 11) is 0. The normalized spacial score (nSPS) is 9.81. The molecule has 36 heavy (non-hydrogen) atoms. The molecule has 0 saturated heterocycles. The van der Waals surface area contributed by atoms with Crippen molar-refractivity contribution in [3.05, 3.63) is 10.4 Å². The molecule has 0 fully saturated rings. The first-order valence-corrected chi connectivity index (χ1v) is 14.0. The SMILES string of the molecule is CCCCCCCCCCCC(=O)OCC#CC#CCOC(=O)CCCCCCCCCCN=[N+]=[N-]. The number of ether oxygens (including phenoxy) is 2. The summed E-state index contributed by atoms with van der Waals surface area (Å²) in [6.07, 6.45) is 20.3. The number of rotatable bonds is 23. The summed E-state index contributed by atoms with van der Waals surface area (Å²) in [5.41, 5.74) is 8.20. The topological polar surface area (TPSA) is 101 Å². The number of unbranched alkanes of at least 4 members (excludes halogenated alkanes) is 15. The molecule has 0 heterocycles. The van der Waals surface area contributed by atoms with E-state index in [-0.39, 0.29) is 25.2 Å². The predicted molar refractivity (Wildman–Crippen MR) is 145 cm³/mol. The van der Waals surface area contributed by atoms with E-state index in [9.17, 15) is 9.59 Å². The molecule has 0 aliphatic rings. The minimum absolute atomic E-state index is 0.0295. The van der Waals surface area contributed by atoms with Crippen LogP contribution in [0.25, 0.3) is 10.4 Å². The number of nitrogens with zero attached hydrogens (tertiary/aromatic N) is 3. The van der Waals surface area contributed by atoms with Crippen LogP contribution in [0.15, 0.2) is 5.11 Å². The van der Waals surface area contributed by atoms with Gasteiger partial charge in [0.15, 0.2) is 13.2 Å². The summed E-state index contributed by atoms with van der Waals surface area (Å²) in [6, 6.07) is 0. The van der Waals surface area contributed by atoms with Crippen molar-refractivity contribution >= 4 is 11.9 Å². The summed E-state index contributed by atoms with van der Waals surface area (Å²) >= 11 is 0. The highest BCUT2D eigenvalue weighted by Crippen LogP contribution is 2.11.